The van der Waals surface area contributed by atoms with E-state index < -0.39 is 11.9 Å². The van der Waals surface area contributed by atoms with Gasteiger partial charge >= 0.3 is 11.9 Å². The molecule has 48 heavy (non-hydrogen) atoms. The summed E-state index contributed by atoms with van der Waals surface area (Å²) in [7, 11) is 0. The highest BCUT2D eigenvalue weighted by atomic mass is 19.1. The van der Waals surface area contributed by atoms with E-state index in [4.69, 9.17) is 10.2 Å². The Morgan fingerprint density at radius 2 is 1.48 bits per heavy atom. The Morgan fingerprint density at radius 1 is 0.854 bits per heavy atom. The number of aliphatic carboxylic acids is 2. The molecule has 0 bridgehead atoms. The zero-order chi connectivity index (χ0) is 34.8. The Morgan fingerprint density at radius 3 is 2.10 bits per heavy atom. The molecule has 0 aliphatic carbocycles. The third-order valence-electron chi connectivity index (χ3n) is 8.50. The van der Waals surface area contributed by atoms with Gasteiger partial charge in [0.1, 0.15) is 5.82 Å². The molecule has 0 saturated carbocycles. The van der Waals surface area contributed by atoms with Gasteiger partial charge in [-0.2, -0.15) is 4.68 Å². The third-order valence-corrected chi connectivity index (χ3v) is 8.50. The van der Waals surface area contributed by atoms with Crippen molar-refractivity contribution in [3.8, 4) is 0 Å². The van der Waals surface area contributed by atoms with Crippen LogP contribution in [0.1, 0.15) is 96.3 Å². The molecule has 5 rings (SSSR count). The Hall–Kier alpha value is -5.07. The molecule has 256 valence electrons. The van der Waals surface area contributed by atoms with Gasteiger partial charge in [0.2, 0.25) is 5.91 Å². The second kappa shape index (κ2) is 16.7. The lowest BCUT2D eigenvalue weighted by molar-refractivity contribution is -0.134. The molecule has 13 heteroatoms. The largest absolute Gasteiger partial charge is 0.478 e. The monoisotopic (exact) mass is 663 g/mol. The van der Waals surface area contributed by atoms with Crippen molar-refractivity contribution in [2.75, 3.05) is 36.0 Å². The Bertz CT molecular complexity index is 1690. The fourth-order valence-corrected chi connectivity index (χ4v) is 6.13. The lowest BCUT2D eigenvalue weighted by atomic mass is 9.97. The summed E-state index contributed by atoms with van der Waals surface area (Å²) in [5.74, 6) is -3.20. The first-order valence-corrected chi connectivity index (χ1v) is 16.4. The molecular formula is C35H42FN5O7. The maximum atomic E-state index is 15.1. The van der Waals surface area contributed by atoms with Crippen LogP contribution in [0.25, 0.3) is 10.9 Å². The van der Waals surface area contributed by atoms with Crippen molar-refractivity contribution in [1.82, 2.24) is 15.1 Å². The lowest BCUT2D eigenvalue weighted by Gasteiger charge is -2.37. The number of benzene rings is 2. The van der Waals surface area contributed by atoms with Crippen LogP contribution in [0.4, 0.5) is 15.9 Å². The number of imide groups is 1. The van der Waals surface area contributed by atoms with Crippen LogP contribution >= 0.6 is 0 Å². The first-order valence-electron chi connectivity index (χ1n) is 16.4. The predicted molar refractivity (Wildman–Crippen MR) is 179 cm³/mol. The molecule has 1 fully saturated rings. The number of nitrogens with one attached hydrogen (secondary N) is 1. The highest BCUT2D eigenvalue weighted by molar-refractivity contribution is 6.22. The van der Waals surface area contributed by atoms with Crippen LogP contribution in [0.2, 0.25) is 0 Å². The van der Waals surface area contributed by atoms with E-state index in [1.807, 2.05) is 17.9 Å². The van der Waals surface area contributed by atoms with Gasteiger partial charge in [-0.1, -0.05) is 58.4 Å². The van der Waals surface area contributed by atoms with Gasteiger partial charge in [-0.15, -0.1) is 5.10 Å². The second-order valence-electron chi connectivity index (χ2n) is 11.7. The molecular weight excluding hydrogens is 621 g/mol. The summed E-state index contributed by atoms with van der Waals surface area (Å²) in [5, 5.41) is 23.1. The van der Waals surface area contributed by atoms with E-state index in [0.717, 1.165) is 30.5 Å². The van der Waals surface area contributed by atoms with Crippen LogP contribution in [-0.2, 0) is 16.0 Å². The summed E-state index contributed by atoms with van der Waals surface area (Å²) in [6.07, 6.45) is 9.99. The number of halogens is 1. The van der Waals surface area contributed by atoms with E-state index in [9.17, 15) is 24.0 Å². The number of piperazine rings is 1. The quantitative estimate of drug-likeness (QED) is 0.122. The highest BCUT2D eigenvalue weighted by Crippen LogP contribution is 2.33. The number of aromatic nitrogens is 2. The number of nitrogens with zero attached hydrogens (tertiary/aromatic N) is 4. The molecule has 0 unspecified atom stereocenters. The topological polar surface area (TPSA) is 162 Å². The summed E-state index contributed by atoms with van der Waals surface area (Å²) >= 11 is 0. The number of unbranched alkanes of at least 4 members (excludes halogenated alkanes) is 6. The molecule has 0 radical (unpaired) electrons. The molecule has 1 aromatic heterocycles. The van der Waals surface area contributed by atoms with Crippen LogP contribution in [0.3, 0.4) is 0 Å². The molecule has 2 aliphatic heterocycles. The van der Waals surface area contributed by atoms with Gasteiger partial charge in [0.05, 0.1) is 22.0 Å². The average molecular weight is 664 g/mol. The number of carbonyl (C=O) groups excluding carboxylic acids is 3. The predicted octanol–water partition coefficient (Wildman–Crippen LogP) is 5.44. The maximum Gasteiger partial charge on any atom is 0.328 e. The lowest BCUT2D eigenvalue weighted by Crippen LogP contribution is -2.47. The number of anilines is 2. The van der Waals surface area contributed by atoms with Crippen LogP contribution in [0, 0.1) is 5.82 Å². The molecule has 12 nitrogen and oxygen atoms in total. The minimum atomic E-state index is -1.26. The van der Waals surface area contributed by atoms with Gasteiger partial charge in [0, 0.05) is 50.4 Å². The van der Waals surface area contributed by atoms with E-state index in [-0.39, 0.29) is 23.5 Å². The zero-order valence-corrected chi connectivity index (χ0v) is 27.3. The fourth-order valence-electron chi connectivity index (χ4n) is 6.13. The zero-order valence-electron chi connectivity index (χ0n) is 27.3. The summed E-state index contributed by atoms with van der Waals surface area (Å²) < 4.78 is 16.5. The highest BCUT2D eigenvalue weighted by Gasteiger charge is 2.32. The summed E-state index contributed by atoms with van der Waals surface area (Å²) in [6.45, 7) is 6.61. The number of hydrogen-bond donors (Lipinski definition) is 3. The number of rotatable bonds is 13. The molecule has 2 aromatic carbocycles. The average Bonchev–Trinajstić information content (AvgIpc) is 3.61. The second-order valence-corrected chi connectivity index (χ2v) is 11.7. The minimum Gasteiger partial charge on any atom is -0.478 e. The van der Waals surface area contributed by atoms with Crippen molar-refractivity contribution in [2.45, 2.75) is 71.6 Å². The number of amides is 2. The Labute approximate surface area is 278 Å². The molecule has 0 atom stereocenters. The van der Waals surface area contributed by atoms with E-state index >= 15 is 4.39 Å². The van der Waals surface area contributed by atoms with Gasteiger partial charge in [-0.25, -0.2) is 14.0 Å². The summed E-state index contributed by atoms with van der Waals surface area (Å²) in [5.41, 5.74) is 3.22. The van der Waals surface area contributed by atoms with Crippen LogP contribution in [0.15, 0.2) is 42.5 Å². The van der Waals surface area contributed by atoms with Gasteiger partial charge in [0.15, 0.2) is 5.82 Å². The fraction of sp³-hybridized carbons (Fsp3) is 0.429. The van der Waals surface area contributed by atoms with E-state index in [1.165, 1.54) is 36.4 Å². The first kappa shape index (κ1) is 35.8. The van der Waals surface area contributed by atoms with E-state index in [0.29, 0.717) is 79.0 Å². The third kappa shape index (κ3) is 8.44. The summed E-state index contributed by atoms with van der Waals surface area (Å²) in [6, 6.07) is 8.44. The number of fused-ring (bicyclic) bond motifs is 2. The Balaban J connectivity index is 0.000000579. The first-order chi connectivity index (χ1) is 23.1. The van der Waals surface area contributed by atoms with Crippen LogP contribution < -0.4 is 15.1 Å². The van der Waals surface area contributed by atoms with Crippen molar-refractivity contribution < 1.29 is 38.6 Å². The van der Waals surface area contributed by atoms with Crippen molar-refractivity contribution in [3.63, 3.8) is 0 Å². The van der Waals surface area contributed by atoms with Gasteiger partial charge in [0.25, 0.3) is 11.8 Å². The van der Waals surface area contributed by atoms with E-state index in [2.05, 4.69) is 22.2 Å². The number of carboxylic acids is 2. The van der Waals surface area contributed by atoms with Gasteiger partial charge in [-0.05, 0) is 42.7 Å². The Kier molecular flexibility index (Phi) is 12.4. The summed E-state index contributed by atoms with van der Waals surface area (Å²) in [4.78, 5) is 61.1. The number of carbonyl (C=O) groups is 5. The minimum absolute atomic E-state index is 0.104. The number of carboxylic acid groups (broad SMARTS) is 2. The maximum absolute atomic E-state index is 15.1. The molecule has 3 N–H and O–H groups in total. The van der Waals surface area contributed by atoms with Crippen molar-refractivity contribution >= 4 is 52.1 Å². The molecule has 2 amide bonds. The van der Waals surface area contributed by atoms with Crippen LogP contribution in [0.5, 0.6) is 0 Å². The molecule has 0 spiro atoms. The molecule has 1 saturated heterocycles. The smallest absolute Gasteiger partial charge is 0.328 e. The van der Waals surface area contributed by atoms with Crippen molar-refractivity contribution in [3.05, 3.63) is 65.0 Å². The standard InChI is InChI=1S/C31H38FN5O3.C4H4O4/c1-3-5-6-7-8-9-10-14-26(38)37-25-13-11-12-23(32)28(25)29(34-37)36-19-17-35(18-20-36)24-16-15-22-27(21(24)4-2)31(40)33-30(22)39;5-3(6)1-2-4(7)8/h11-13,15-16H,3-10,14,17-20H2,1-2H3,(H,33,39,40);1-2H,(H,5,6)(H,7,8)/b;2-1-. The van der Waals surface area contributed by atoms with E-state index in [1.54, 1.807) is 18.2 Å². The van der Waals surface area contributed by atoms with Gasteiger partial charge in [-0.3, -0.25) is 19.7 Å². The molecule has 3 heterocycles. The SMILES string of the molecule is CCCCCCCCCC(=O)n1nc(N2CCN(c3ccc4c(c3CC)C(=O)NC4=O)CC2)c2c(F)cccc21.O=C(O)/C=C\C(=O)O. The van der Waals surface area contributed by atoms with Gasteiger partial charge < -0.3 is 20.0 Å². The molecule has 3 aromatic rings. The molecule has 2 aliphatic rings. The van der Waals surface area contributed by atoms with Crippen molar-refractivity contribution in [2.24, 2.45) is 0 Å². The normalized spacial score (nSPS) is 14.2. The van der Waals surface area contributed by atoms with Crippen molar-refractivity contribution in [1.29, 1.82) is 0 Å². The number of hydrogen-bond acceptors (Lipinski definition) is 8. The van der Waals surface area contributed by atoms with Crippen LogP contribution in [-0.4, -0.2) is 75.8 Å².